The summed E-state index contributed by atoms with van der Waals surface area (Å²) >= 11 is 0. The first kappa shape index (κ1) is 15.4. The zero-order valence-corrected chi connectivity index (χ0v) is 13.2. The van der Waals surface area contributed by atoms with Crippen molar-refractivity contribution in [3.8, 4) is 5.75 Å². The van der Waals surface area contributed by atoms with E-state index in [1.807, 2.05) is 18.2 Å². The van der Waals surface area contributed by atoms with Gasteiger partial charge in [-0.3, -0.25) is 0 Å². The zero-order valence-electron chi connectivity index (χ0n) is 13.2. The molecular formula is C19H25NO. The molecule has 0 aliphatic rings. The van der Waals surface area contributed by atoms with Crippen molar-refractivity contribution in [2.45, 2.75) is 39.5 Å². The highest BCUT2D eigenvalue weighted by Gasteiger charge is 2.04. The second kappa shape index (κ2) is 7.16. The second-order valence-electron chi connectivity index (χ2n) is 5.88. The molecule has 0 amide bonds. The van der Waals surface area contributed by atoms with E-state index in [1.54, 1.807) is 0 Å². The van der Waals surface area contributed by atoms with Crippen LogP contribution in [0.5, 0.6) is 5.75 Å². The van der Waals surface area contributed by atoms with Crippen molar-refractivity contribution < 1.29 is 4.74 Å². The van der Waals surface area contributed by atoms with Gasteiger partial charge in [-0.15, -0.1) is 0 Å². The van der Waals surface area contributed by atoms with E-state index in [1.165, 1.54) is 16.7 Å². The molecule has 0 aliphatic heterocycles. The summed E-state index contributed by atoms with van der Waals surface area (Å²) < 4.78 is 5.95. The molecule has 0 aromatic heterocycles. The monoisotopic (exact) mass is 283 g/mol. The number of ether oxygens (including phenoxy) is 1. The fourth-order valence-corrected chi connectivity index (χ4v) is 2.34. The molecule has 0 unspecified atom stereocenters. The maximum atomic E-state index is 5.95. The first-order valence-electron chi connectivity index (χ1n) is 7.64. The lowest BCUT2D eigenvalue weighted by Crippen LogP contribution is -2.02. The Morgan fingerprint density at radius 1 is 1.10 bits per heavy atom. The summed E-state index contributed by atoms with van der Waals surface area (Å²) in [5.74, 6) is 1.54. The Balaban J connectivity index is 1.87. The Morgan fingerprint density at radius 3 is 2.62 bits per heavy atom. The van der Waals surface area contributed by atoms with Crippen molar-refractivity contribution >= 4 is 5.69 Å². The van der Waals surface area contributed by atoms with Crippen molar-refractivity contribution in [1.29, 1.82) is 0 Å². The third kappa shape index (κ3) is 4.52. The van der Waals surface area contributed by atoms with Crippen molar-refractivity contribution in [1.82, 2.24) is 0 Å². The van der Waals surface area contributed by atoms with E-state index in [9.17, 15) is 0 Å². The Labute approximate surface area is 127 Å². The summed E-state index contributed by atoms with van der Waals surface area (Å²) in [5, 5.41) is 0. The Morgan fingerprint density at radius 2 is 1.90 bits per heavy atom. The van der Waals surface area contributed by atoms with Gasteiger partial charge in [-0.1, -0.05) is 38.1 Å². The molecule has 2 aromatic rings. The predicted molar refractivity (Wildman–Crippen MR) is 89.9 cm³/mol. The van der Waals surface area contributed by atoms with Crippen molar-refractivity contribution in [3.05, 3.63) is 59.2 Å². The molecule has 0 bridgehead atoms. The summed E-state index contributed by atoms with van der Waals surface area (Å²) in [6.07, 6.45) is 1.99. The van der Waals surface area contributed by atoms with Crippen LogP contribution in [0.3, 0.4) is 0 Å². The summed E-state index contributed by atoms with van der Waals surface area (Å²) in [6, 6.07) is 14.6. The molecule has 2 heteroatoms. The molecule has 112 valence electrons. The Kier molecular flexibility index (Phi) is 5.26. The van der Waals surface area contributed by atoms with E-state index < -0.39 is 0 Å². The highest BCUT2D eigenvalue weighted by Crippen LogP contribution is 2.24. The lowest BCUT2D eigenvalue weighted by atomic mass is 10.0. The molecule has 0 saturated heterocycles. The van der Waals surface area contributed by atoms with E-state index in [0.29, 0.717) is 5.92 Å². The molecule has 2 N–H and O–H groups in total. The molecule has 21 heavy (non-hydrogen) atoms. The second-order valence-corrected chi connectivity index (χ2v) is 5.88. The number of hydrogen-bond donors (Lipinski definition) is 1. The molecule has 0 atom stereocenters. The van der Waals surface area contributed by atoms with Gasteiger partial charge in [0.1, 0.15) is 5.75 Å². The molecular weight excluding hydrogens is 258 g/mol. The number of anilines is 1. The third-order valence-corrected chi connectivity index (χ3v) is 3.70. The maximum absolute atomic E-state index is 5.95. The summed E-state index contributed by atoms with van der Waals surface area (Å²) in [6.45, 7) is 7.23. The zero-order chi connectivity index (χ0) is 15.2. The quantitative estimate of drug-likeness (QED) is 0.615. The van der Waals surface area contributed by atoms with Crippen LogP contribution >= 0.6 is 0 Å². The molecule has 2 nitrogen and oxygen atoms in total. The number of rotatable bonds is 6. The number of hydrogen-bond acceptors (Lipinski definition) is 2. The summed E-state index contributed by atoms with van der Waals surface area (Å²) in [4.78, 5) is 0. The van der Waals surface area contributed by atoms with Crippen LogP contribution in [-0.2, 0) is 6.42 Å². The minimum Gasteiger partial charge on any atom is -0.493 e. The molecule has 0 radical (unpaired) electrons. The van der Waals surface area contributed by atoms with Crippen LogP contribution in [0.4, 0.5) is 5.69 Å². The van der Waals surface area contributed by atoms with Gasteiger partial charge in [0.2, 0.25) is 0 Å². The van der Waals surface area contributed by atoms with Gasteiger partial charge in [0.25, 0.3) is 0 Å². The standard InChI is InChI=1S/C19H25NO/c1-14(2)17-10-9-15(3)19(13-17)21-11-5-7-16-6-4-8-18(20)12-16/h4,6,8-10,12-14H,5,7,11,20H2,1-3H3. The smallest absolute Gasteiger partial charge is 0.122 e. The molecule has 2 aromatic carbocycles. The van der Waals surface area contributed by atoms with Gasteiger partial charge >= 0.3 is 0 Å². The minimum absolute atomic E-state index is 0.528. The number of nitrogen functional groups attached to an aromatic ring is 1. The first-order valence-corrected chi connectivity index (χ1v) is 7.64. The highest BCUT2D eigenvalue weighted by molar-refractivity contribution is 5.40. The van der Waals surface area contributed by atoms with E-state index >= 15 is 0 Å². The number of nitrogens with two attached hydrogens (primary N) is 1. The molecule has 0 heterocycles. The molecule has 0 fully saturated rings. The van der Waals surface area contributed by atoms with E-state index in [2.05, 4.69) is 45.0 Å². The fraction of sp³-hybridized carbons (Fsp3) is 0.368. The SMILES string of the molecule is Cc1ccc(C(C)C)cc1OCCCc1cccc(N)c1. The highest BCUT2D eigenvalue weighted by atomic mass is 16.5. The van der Waals surface area contributed by atoms with Crippen LogP contribution in [0.25, 0.3) is 0 Å². The summed E-state index contributed by atoms with van der Waals surface area (Å²) in [7, 11) is 0. The maximum Gasteiger partial charge on any atom is 0.122 e. The van der Waals surface area contributed by atoms with Crippen molar-refractivity contribution in [2.24, 2.45) is 0 Å². The first-order chi connectivity index (χ1) is 10.1. The Hall–Kier alpha value is -1.96. The molecule has 2 rings (SSSR count). The van der Waals surface area contributed by atoms with Gasteiger partial charge in [-0.2, -0.15) is 0 Å². The van der Waals surface area contributed by atoms with Gasteiger partial charge in [0, 0.05) is 5.69 Å². The van der Waals surface area contributed by atoms with Gasteiger partial charge in [0.05, 0.1) is 6.61 Å². The summed E-state index contributed by atoms with van der Waals surface area (Å²) in [5.41, 5.74) is 10.4. The molecule has 0 spiro atoms. The van der Waals surface area contributed by atoms with E-state index in [0.717, 1.165) is 30.9 Å². The van der Waals surface area contributed by atoms with Crippen LogP contribution in [0.1, 0.15) is 42.9 Å². The van der Waals surface area contributed by atoms with Gasteiger partial charge < -0.3 is 10.5 Å². The predicted octanol–water partition coefficient (Wildman–Crippen LogP) is 4.71. The minimum atomic E-state index is 0.528. The largest absolute Gasteiger partial charge is 0.493 e. The van der Waals surface area contributed by atoms with Gasteiger partial charge in [0.15, 0.2) is 0 Å². The van der Waals surface area contributed by atoms with Crippen LogP contribution in [0.2, 0.25) is 0 Å². The van der Waals surface area contributed by atoms with Gasteiger partial charge in [-0.05, 0) is 60.6 Å². The van der Waals surface area contributed by atoms with Crippen LogP contribution in [0, 0.1) is 6.92 Å². The number of aryl methyl sites for hydroxylation is 2. The average molecular weight is 283 g/mol. The topological polar surface area (TPSA) is 35.2 Å². The average Bonchev–Trinajstić information content (AvgIpc) is 2.45. The Bertz CT molecular complexity index is 590. The van der Waals surface area contributed by atoms with Crippen LogP contribution < -0.4 is 10.5 Å². The van der Waals surface area contributed by atoms with E-state index in [4.69, 9.17) is 10.5 Å². The molecule has 0 aliphatic carbocycles. The van der Waals surface area contributed by atoms with Crippen LogP contribution in [0.15, 0.2) is 42.5 Å². The molecule has 0 saturated carbocycles. The normalized spacial score (nSPS) is 10.9. The lowest BCUT2D eigenvalue weighted by molar-refractivity contribution is 0.308. The lowest BCUT2D eigenvalue weighted by Gasteiger charge is -2.13. The third-order valence-electron chi connectivity index (χ3n) is 3.70. The van der Waals surface area contributed by atoms with Crippen LogP contribution in [-0.4, -0.2) is 6.61 Å². The fourth-order valence-electron chi connectivity index (χ4n) is 2.34. The number of benzene rings is 2. The van der Waals surface area contributed by atoms with E-state index in [-0.39, 0.29) is 0 Å². The van der Waals surface area contributed by atoms with Crippen molar-refractivity contribution in [2.75, 3.05) is 12.3 Å². The van der Waals surface area contributed by atoms with Crippen molar-refractivity contribution in [3.63, 3.8) is 0 Å². The van der Waals surface area contributed by atoms with Gasteiger partial charge in [-0.25, -0.2) is 0 Å².